The van der Waals surface area contributed by atoms with Crippen LogP contribution in [0.4, 0.5) is 11.4 Å². The SMILES string of the molecule is Cc1ccccc1CN(C(=O)Cn1nnc2ccccc21)[C@@H](C(=O)Nc1ccc(N(C)C)cc1)c1cccs1. The van der Waals surface area contributed by atoms with Gasteiger partial charge in [-0.15, -0.1) is 16.4 Å². The fourth-order valence-electron chi connectivity index (χ4n) is 4.47. The number of aryl methyl sites for hydroxylation is 1. The van der Waals surface area contributed by atoms with Crippen molar-refractivity contribution >= 4 is 45.6 Å². The minimum Gasteiger partial charge on any atom is -0.378 e. The van der Waals surface area contributed by atoms with E-state index >= 15 is 0 Å². The van der Waals surface area contributed by atoms with E-state index in [-0.39, 0.29) is 24.9 Å². The van der Waals surface area contributed by atoms with Crippen LogP contribution >= 0.6 is 11.3 Å². The van der Waals surface area contributed by atoms with Gasteiger partial charge in [-0.25, -0.2) is 4.68 Å². The number of nitrogens with zero attached hydrogens (tertiary/aromatic N) is 5. The molecule has 1 N–H and O–H groups in total. The summed E-state index contributed by atoms with van der Waals surface area (Å²) in [6.07, 6.45) is 0. The lowest BCUT2D eigenvalue weighted by Crippen LogP contribution is -2.42. The van der Waals surface area contributed by atoms with Crippen molar-refractivity contribution in [1.82, 2.24) is 19.9 Å². The van der Waals surface area contributed by atoms with Crippen LogP contribution in [-0.2, 0) is 22.7 Å². The van der Waals surface area contributed by atoms with Crippen molar-refractivity contribution in [3.05, 3.63) is 106 Å². The summed E-state index contributed by atoms with van der Waals surface area (Å²) in [6.45, 7) is 2.24. The van der Waals surface area contributed by atoms with Crippen LogP contribution in [0.3, 0.4) is 0 Å². The van der Waals surface area contributed by atoms with Crippen LogP contribution in [0.15, 0.2) is 90.3 Å². The fraction of sp³-hybridized carbons (Fsp3) is 0.200. The summed E-state index contributed by atoms with van der Waals surface area (Å²) in [5.41, 5.74) is 5.19. The van der Waals surface area contributed by atoms with Crippen LogP contribution in [0.2, 0.25) is 0 Å². The Bertz CT molecular complexity index is 1580. The fourth-order valence-corrected chi connectivity index (χ4v) is 5.31. The predicted octanol–water partition coefficient (Wildman–Crippen LogP) is 5.28. The monoisotopic (exact) mass is 538 g/mol. The highest BCUT2D eigenvalue weighted by molar-refractivity contribution is 7.10. The summed E-state index contributed by atoms with van der Waals surface area (Å²) in [4.78, 5) is 32.4. The van der Waals surface area contributed by atoms with Gasteiger partial charge in [-0.2, -0.15) is 0 Å². The van der Waals surface area contributed by atoms with Gasteiger partial charge in [0.15, 0.2) is 0 Å². The van der Waals surface area contributed by atoms with E-state index in [2.05, 4.69) is 15.6 Å². The number of carbonyl (C=O) groups excluding carboxylic acids is 2. The molecule has 8 nitrogen and oxygen atoms in total. The second-order valence-corrected chi connectivity index (χ2v) is 10.5. The van der Waals surface area contributed by atoms with E-state index in [0.29, 0.717) is 11.2 Å². The van der Waals surface area contributed by atoms with E-state index in [1.807, 2.05) is 116 Å². The van der Waals surface area contributed by atoms with Gasteiger partial charge in [-0.3, -0.25) is 9.59 Å². The molecule has 39 heavy (non-hydrogen) atoms. The molecule has 0 fully saturated rings. The summed E-state index contributed by atoms with van der Waals surface area (Å²) < 4.78 is 1.59. The van der Waals surface area contributed by atoms with Crippen LogP contribution < -0.4 is 10.2 Å². The van der Waals surface area contributed by atoms with Crippen LogP contribution in [0.1, 0.15) is 22.0 Å². The summed E-state index contributed by atoms with van der Waals surface area (Å²) in [5.74, 6) is -0.508. The first kappa shape index (κ1) is 26.1. The number of para-hydroxylation sites is 1. The summed E-state index contributed by atoms with van der Waals surface area (Å²) in [5, 5.41) is 13.4. The third-order valence-electron chi connectivity index (χ3n) is 6.65. The standard InChI is InChI=1S/C30H30N6O2S/c1-21-9-4-5-10-22(21)19-35(28(37)20-36-26-12-7-6-11-25(26)32-33-36)29(27-13-8-18-39-27)30(38)31-23-14-16-24(17-15-23)34(2)3/h4-18,29H,19-20H2,1-3H3,(H,31,38)/t29-/m1/s1. The molecule has 5 rings (SSSR count). The number of nitrogens with one attached hydrogen (secondary N) is 1. The van der Waals surface area contributed by atoms with Gasteiger partial charge in [0.1, 0.15) is 18.1 Å². The molecular weight excluding hydrogens is 508 g/mol. The Kier molecular flexibility index (Phi) is 7.69. The molecule has 0 saturated heterocycles. The first-order valence-electron chi connectivity index (χ1n) is 12.6. The van der Waals surface area contributed by atoms with E-state index in [1.165, 1.54) is 11.3 Å². The lowest BCUT2D eigenvalue weighted by molar-refractivity contribution is -0.140. The maximum absolute atomic E-state index is 14.0. The second-order valence-electron chi connectivity index (χ2n) is 9.53. The summed E-state index contributed by atoms with van der Waals surface area (Å²) in [6, 6.07) is 26.0. The zero-order valence-electron chi connectivity index (χ0n) is 22.1. The Morgan fingerprint density at radius 3 is 2.41 bits per heavy atom. The molecule has 0 spiro atoms. The van der Waals surface area contributed by atoms with Crippen molar-refractivity contribution in [3.63, 3.8) is 0 Å². The maximum atomic E-state index is 14.0. The number of rotatable bonds is 9. The average Bonchev–Trinajstić information content (AvgIpc) is 3.60. The van der Waals surface area contributed by atoms with Crippen molar-refractivity contribution < 1.29 is 9.59 Å². The summed E-state index contributed by atoms with van der Waals surface area (Å²) >= 11 is 1.45. The molecule has 0 aliphatic rings. The van der Waals surface area contributed by atoms with Crippen molar-refractivity contribution in [3.8, 4) is 0 Å². The molecule has 3 aromatic carbocycles. The number of hydrogen-bond acceptors (Lipinski definition) is 6. The highest BCUT2D eigenvalue weighted by atomic mass is 32.1. The third-order valence-corrected chi connectivity index (χ3v) is 7.58. The van der Waals surface area contributed by atoms with E-state index in [4.69, 9.17) is 0 Å². The Morgan fingerprint density at radius 2 is 1.69 bits per heavy atom. The number of thiophene rings is 1. The van der Waals surface area contributed by atoms with Crippen molar-refractivity contribution in [1.29, 1.82) is 0 Å². The second kappa shape index (κ2) is 11.5. The molecule has 9 heteroatoms. The number of amides is 2. The van der Waals surface area contributed by atoms with Gasteiger partial charge >= 0.3 is 0 Å². The molecule has 5 aromatic rings. The van der Waals surface area contributed by atoms with Crippen LogP contribution in [0.5, 0.6) is 0 Å². The molecule has 0 aliphatic heterocycles. The van der Waals surface area contributed by atoms with E-state index < -0.39 is 6.04 Å². The molecule has 198 valence electrons. The topological polar surface area (TPSA) is 83.4 Å². The number of benzene rings is 3. The molecule has 0 radical (unpaired) electrons. The lowest BCUT2D eigenvalue weighted by atomic mass is 10.1. The lowest BCUT2D eigenvalue weighted by Gasteiger charge is -2.31. The Balaban J connectivity index is 1.50. The molecular formula is C30H30N6O2S. The quantitative estimate of drug-likeness (QED) is 0.276. The van der Waals surface area contributed by atoms with Gasteiger partial charge in [0, 0.05) is 36.9 Å². The van der Waals surface area contributed by atoms with Gasteiger partial charge in [0.25, 0.3) is 5.91 Å². The predicted molar refractivity (Wildman–Crippen MR) is 156 cm³/mol. The number of anilines is 2. The highest BCUT2D eigenvalue weighted by Gasteiger charge is 2.33. The van der Waals surface area contributed by atoms with E-state index in [9.17, 15) is 9.59 Å². The molecule has 0 saturated carbocycles. The van der Waals surface area contributed by atoms with Gasteiger partial charge in [0.2, 0.25) is 5.91 Å². The van der Waals surface area contributed by atoms with E-state index in [1.54, 1.807) is 9.58 Å². The maximum Gasteiger partial charge on any atom is 0.252 e. The number of hydrogen-bond donors (Lipinski definition) is 1. The molecule has 2 amide bonds. The first-order valence-corrected chi connectivity index (χ1v) is 13.5. The van der Waals surface area contributed by atoms with Crippen LogP contribution in [-0.4, -0.2) is 45.8 Å². The molecule has 2 aromatic heterocycles. The first-order chi connectivity index (χ1) is 18.9. The average molecular weight is 539 g/mol. The Hall–Kier alpha value is -4.50. The van der Waals surface area contributed by atoms with Crippen molar-refractivity contribution in [2.45, 2.75) is 26.1 Å². The van der Waals surface area contributed by atoms with Gasteiger partial charge in [-0.1, -0.05) is 47.7 Å². The summed E-state index contributed by atoms with van der Waals surface area (Å²) in [7, 11) is 3.93. The Morgan fingerprint density at radius 1 is 0.949 bits per heavy atom. The largest absolute Gasteiger partial charge is 0.378 e. The third kappa shape index (κ3) is 5.83. The van der Waals surface area contributed by atoms with Crippen LogP contribution in [0.25, 0.3) is 11.0 Å². The number of fused-ring (bicyclic) bond motifs is 1. The number of carbonyl (C=O) groups is 2. The molecule has 0 bridgehead atoms. The molecule has 2 heterocycles. The van der Waals surface area contributed by atoms with E-state index in [0.717, 1.165) is 27.2 Å². The highest BCUT2D eigenvalue weighted by Crippen LogP contribution is 2.30. The van der Waals surface area contributed by atoms with Gasteiger partial charge in [-0.05, 0) is 65.9 Å². The van der Waals surface area contributed by atoms with Crippen LogP contribution in [0, 0.1) is 6.92 Å². The van der Waals surface area contributed by atoms with Gasteiger partial charge < -0.3 is 15.1 Å². The van der Waals surface area contributed by atoms with Crippen molar-refractivity contribution in [2.75, 3.05) is 24.3 Å². The number of aromatic nitrogens is 3. The molecule has 1 atom stereocenters. The minimum absolute atomic E-state index is 0.0426. The van der Waals surface area contributed by atoms with Gasteiger partial charge in [0.05, 0.1) is 5.52 Å². The Labute approximate surface area is 231 Å². The minimum atomic E-state index is -0.833. The normalized spacial score (nSPS) is 11.8. The smallest absolute Gasteiger partial charge is 0.252 e. The molecule has 0 unspecified atom stereocenters. The van der Waals surface area contributed by atoms with Crippen molar-refractivity contribution in [2.24, 2.45) is 0 Å². The zero-order valence-corrected chi connectivity index (χ0v) is 22.9. The molecule has 0 aliphatic carbocycles. The zero-order chi connectivity index (χ0) is 27.4.